The highest BCUT2D eigenvalue weighted by Crippen LogP contribution is 2.48. The lowest BCUT2D eigenvalue weighted by molar-refractivity contribution is 0.114. The molecule has 0 radical (unpaired) electrons. The van der Waals surface area contributed by atoms with E-state index in [9.17, 15) is 0 Å². The van der Waals surface area contributed by atoms with Gasteiger partial charge in [-0.15, -0.1) is 0 Å². The Morgan fingerprint density at radius 1 is 0.846 bits per heavy atom. The Morgan fingerprint density at radius 2 is 1.54 bits per heavy atom. The summed E-state index contributed by atoms with van der Waals surface area (Å²) in [6, 6.07) is 0. The molecule has 0 heterocycles. The van der Waals surface area contributed by atoms with E-state index in [1.807, 2.05) is 0 Å². The van der Waals surface area contributed by atoms with Crippen molar-refractivity contribution in [1.82, 2.24) is 0 Å². The van der Waals surface area contributed by atoms with Crippen molar-refractivity contribution in [3.8, 4) is 0 Å². The Hall–Kier alpha value is 0. The summed E-state index contributed by atoms with van der Waals surface area (Å²) in [7, 11) is 0. The molecule has 0 nitrogen and oxygen atoms in total. The molecule has 0 saturated heterocycles. The van der Waals surface area contributed by atoms with Gasteiger partial charge in [-0.05, 0) is 42.4 Å². The molecule has 0 heteroatoms. The minimum absolute atomic E-state index is 0.563. The topological polar surface area (TPSA) is 0 Å². The number of rotatable bonds is 0. The lowest BCUT2D eigenvalue weighted by atomic mass is 9.66. The number of hydrogen-bond donors (Lipinski definition) is 0. The van der Waals surface area contributed by atoms with Crippen molar-refractivity contribution in [3.63, 3.8) is 0 Å². The summed E-state index contributed by atoms with van der Waals surface area (Å²) in [6.45, 7) is 7.27. The molecule has 0 aromatic heterocycles. The van der Waals surface area contributed by atoms with E-state index in [-0.39, 0.29) is 0 Å². The van der Waals surface area contributed by atoms with Crippen LogP contribution < -0.4 is 0 Å². The van der Waals surface area contributed by atoms with Crippen LogP contribution in [0.1, 0.15) is 59.3 Å². The van der Waals surface area contributed by atoms with Crippen molar-refractivity contribution < 1.29 is 0 Å². The summed E-state index contributed by atoms with van der Waals surface area (Å²) >= 11 is 0. The van der Waals surface area contributed by atoms with Crippen LogP contribution in [-0.4, -0.2) is 0 Å². The lowest BCUT2D eigenvalue weighted by Crippen LogP contribution is -2.29. The van der Waals surface area contributed by atoms with Crippen LogP contribution in [0.3, 0.4) is 0 Å². The van der Waals surface area contributed by atoms with Crippen LogP contribution in [0.2, 0.25) is 0 Å². The lowest BCUT2D eigenvalue weighted by Gasteiger charge is -2.39. The van der Waals surface area contributed by atoms with Crippen LogP contribution >= 0.6 is 0 Å². The normalized spacial score (nSPS) is 40.4. The van der Waals surface area contributed by atoms with Crippen molar-refractivity contribution in [2.24, 2.45) is 23.2 Å². The van der Waals surface area contributed by atoms with E-state index < -0.39 is 0 Å². The summed E-state index contributed by atoms with van der Waals surface area (Å²) in [4.78, 5) is 0. The molecule has 0 amide bonds. The van der Waals surface area contributed by atoms with Crippen molar-refractivity contribution in [1.29, 1.82) is 0 Å². The number of fused-ring (bicyclic) bond motifs is 1. The Balaban J connectivity index is 1.97. The fraction of sp³-hybridized carbons (Fsp3) is 1.00. The first kappa shape index (κ1) is 9.55. The zero-order chi connectivity index (χ0) is 9.47. The molecule has 13 heavy (non-hydrogen) atoms. The van der Waals surface area contributed by atoms with Gasteiger partial charge in [-0.1, -0.05) is 40.0 Å². The molecule has 76 valence electrons. The first-order chi connectivity index (χ1) is 6.07. The van der Waals surface area contributed by atoms with E-state index in [2.05, 4.69) is 20.8 Å². The number of hydrogen-bond acceptors (Lipinski definition) is 0. The van der Waals surface area contributed by atoms with Crippen LogP contribution in [0.4, 0.5) is 0 Å². The minimum atomic E-state index is 0.563. The molecule has 0 aromatic carbocycles. The second-order valence-corrected chi connectivity index (χ2v) is 6.33. The van der Waals surface area contributed by atoms with E-state index in [0.717, 1.165) is 17.8 Å². The van der Waals surface area contributed by atoms with Gasteiger partial charge in [0.05, 0.1) is 0 Å². The quantitative estimate of drug-likeness (QED) is 0.523. The zero-order valence-corrected chi connectivity index (χ0v) is 9.47. The largest absolute Gasteiger partial charge is 0.0599 e. The standard InChI is InChI=1S/C13H24/c1-13(2,3)12-8-7-10-5-4-6-11(10)9-12/h10-12H,4-9H2,1-3H3/t10-,11-,12?/m1/s1. The highest BCUT2D eigenvalue weighted by atomic mass is 14.4. The van der Waals surface area contributed by atoms with Gasteiger partial charge < -0.3 is 0 Å². The predicted octanol–water partition coefficient (Wildman–Crippen LogP) is 4.25. The Morgan fingerprint density at radius 3 is 2.23 bits per heavy atom. The van der Waals surface area contributed by atoms with Crippen LogP contribution in [0, 0.1) is 23.2 Å². The van der Waals surface area contributed by atoms with Crippen molar-refractivity contribution in [2.75, 3.05) is 0 Å². The molecule has 2 saturated carbocycles. The van der Waals surface area contributed by atoms with E-state index >= 15 is 0 Å². The molecule has 0 aliphatic heterocycles. The SMILES string of the molecule is CC(C)(C)C1CC[C@H]2CCC[C@@H]2C1. The van der Waals surface area contributed by atoms with Gasteiger partial charge in [0.25, 0.3) is 0 Å². The molecule has 2 aliphatic rings. The van der Waals surface area contributed by atoms with Crippen molar-refractivity contribution >= 4 is 0 Å². The van der Waals surface area contributed by atoms with E-state index in [1.54, 1.807) is 6.42 Å². The highest BCUT2D eigenvalue weighted by Gasteiger charge is 2.37. The average molecular weight is 180 g/mol. The van der Waals surface area contributed by atoms with Crippen molar-refractivity contribution in [2.45, 2.75) is 59.3 Å². The zero-order valence-electron chi connectivity index (χ0n) is 9.47. The molecule has 2 fully saturated rings. The fourth-order valence-corrected chi connectivity index (χ4v) is 3.49. The van der Waals surface area contributed by atoms with Gasteiger partial charge in [-0.3, -0.25) is 0 Å². The molecule has 2 aliphatic carbocycles. The smallest absolute Gasteiger partial charge is 0.0354 e. The van der Waals surface area contributed by atoms with Gasteiger partial charge in [0.1, 0.15) is 0 Å². The summed E-state index contributed by atoms with van der Waals surface area (Å²) in [5.41, 5.74) is 0.563. The average Bonchev–Trinajstić information content (AvgIpc) is 2.47. The predicted molar refractivity (Wildman–Crippen MR) is 57.6 cm³/mol. The van der Waals surface area contributed by atoms with Gasteiger partial charge in [0, 0.05) is 0 Å². The molecular weight excluding hydrogens is 156 g/mol. The highest BCUT2D eigenvalue weighted by molar-refractivity contribution is 4.88. The fourth-order valence-electron chi connectivity index (χ4n) is 3.49. The molecule has 3 atom stereocenters. The Labute approximate surface area is 83.1 Å². The molecule has 0 N–H and O–H groups in total. The molecule has 2 rings (SSSR count). The maximum Gasteiger partial charge on any atom is -0.0354 e. The molecule has 0 aromatic rings. The Kier molecular flexibility index (Phi) is 2.42. The molecule has 1 unspecified atom stereocenters. The van der Waals surface area contributed by atoms with Crippen LogP contribution in [-0.2, 0) is 0 Å². The molecule has 0 bridgehead atoms. The summed E-state index contributed by atoms with van der Waals surface area (Å²) in [5.74, 6) is 3.24. The van der Waals surface area contributed by atoms with Gasteiger partial charge in [0.15, 0.2) is 0 Å². The van der Waals surface area contributed by atoms with Gasteiger partial charge >= 0.3 is 0 Å². The second-order valence-electron chi connectivity index (χ2n) is 6.33. The van der Waals surface area contributed by atoms with Gasteiger partial charge in [-0.2, -0.15) is 0 Å². The van der Waals surface area contributed by atoms with E-state index in [0.29, 0.717) is 5.41 Å². The third kappa shape index (κ3) is 1.92. The van der Waals surface area contributed by atoms with Crippen LogP contribution in [0.15, 0.2) is 0 Å². The van der Waals surface area contributed by atoms with Crippen molar-refractivity contribution in [3.05, 3.63) is 0 Å². The van der Waals surface area contributed by atoms with E-state index in [4.69, 9.17) is 0 Å². The van der Waals surface area contributed by atoms with Crippen LogP contribution in [0.5, 0.6) is 0 Å². The van der Waals surface area contributed by atoms with Crippen LogP contribution in [0.25, 0.3) is 0 Å². The second kappa shape index (κ2) is 3.29. The third-order valence-electron chi connectivity index (χ3n) is 4.51. The minimum Gasteiger partial charge on any atom is -0.0599 e. The summed E-state index contributed by atoms with van der Waals surface area (Å²) in [6.07, 6.45) is 9.18. The maximum absolute atomic E-state index is 2.42. The molecular formula is C13H24. The van der Waals surface area contributed by atoms with Gasteiger partial charge in [-0.25, -0.2) is 0 Å². The first-order valence-corrected chi connectivity index (χ1v) is 6.07. The van der Waals surface area contributed by atoms with Gasteiger partial charge in [0.2, 0.25) is 0 Å². The summed E-state index contributed by atoms with van der Waals surface area (Å²) in [5, 5.41) is 0. The summed E-state index contributed by atoms with van der Waals surface area (Å²) < 4.78 is 0. The molecule has 0 spiro atoms. The Bertz CT molecular complexity index is 175. The van der Waals surface area contributed by atoms with E-state index in [1.165, 1.54) is 32.1 Å². The maximum atomic E-state index is 2.42. The first-order valence-electron chi connectivity index (χ1n) is 6.07. The monoisotopic (exact) mass is 180 g/mol. The third-order valence-corrected chi connectivity index (χ3v) is 4.51.